The number of fused-ring (bicyclic) bond motifs is 1. The SMILES string of the molecule is CC(=O)Nc1ccc(C[C@@H](NC(=O)[C@H](Cc2ccc(NC(=O)[C@@H]3CC(=O)NC(=O)N3)cc2)NC(=O)[C@H](CO)NC(=O)[C@@H](Cc2cccnc2)NC(=O)[C@@H](Cc2ccc(Cl)cc2)NC(=O)[C@@H](Cc2ccc3ccccc3c2)NC(C)=O)C(=O)N[C@@H](CC(C)C)C(=O)N[C@@H](CCCCNC(C)C)C(=O)N2CCC[C@H]2C(=O)N[C@H](C)C([NH3+])=O)cc1.O=C([O-])C(F)(F)F. The molecule has 0 aliphatic carbocycles. The van der Waals surface area contributed by atoms with Crippen LogP contribution in [0.15, 0.2) is 140 Å². The number of alkyl halides is 3. The van der Waals surface area contributed by atoms with Crippen LogP contribution in [0.4, 0.5) is 29.3 Å². The van der Waals surface area contributed by atoms with Crippen molar-refractivity contribution in [2.24, 2.45) is 5.92 Å². The third-order valence-corrected chi connectivity index (χ3v) is 20.0. The summed E-state index contributed by atoms with van der Waals surface area (Å²) in [4.78, 5) is 223. The van der Waals surface area contributed by atoms with Crippen molar-refractivity contribution in [3.05, 3.63) is 173 Å². The molecule has 3 heterocycles. The molecule has 0 radical (unpaired) electrons. The molecule has 11 atom stereocenters. The van der Waals surface area contributed by atoms with Crippen LogP contribution < -0.4 is 85.3 Å². The number of rotatable bonds is 41. The van der Waals surface area contributed by atoms with E-state index in [2.05, 4.69) is 85.2 Å². The Bertz CT molecular complexity index is 4770. The first-order chi connectivity index (χ1) is 58.7. The minimum absolute atomic E-state index is 0.00834. The van der Waals surface area contributed by atoms with Gasteiger partial charge in [-0.05, 0) is 139 Å². The Hall–Kier alpha value is -12.8. The van der Waals surface area contributed by atoms with Gasteiger partial charge in [-0.2, -0.15) is 13.2 Å². The summed E-state index contributed by atoms with van der Waals surface area (Å²) in [5.74, 6) is -13.9. The van der Waals surface area contributed by atoms with Crippen molar-refractivity contribution in [1.29, 1.82) is 0 Å². The lowest BCUT2D eigenvalue weighted by Crippen LogP contribution is -2.66. The average molecular weight is 1750 g/mol. The summed E-state index contributed by atoms with van der Waals surface area (Å²) in [5, 5.41) is 59.6. The number of carbonyl (C=O) groups excluding carboxylic acids is 16. The van der Waals surface area contributed by atoms with Crippen LogP contribution in [0.5, 0.6) is 0 Å². The number of halogens is 4. The molecule has 0 unspecified atom stereocenters. The molecule has 2 fully saturated rings. The van der Waals surface area contributed by atoms with E-state index in [1.54, 1.807) is 74.5 Å². The molecule has 2 aliphatic rings. The number of anilines is 2. The van der Waals surface area contributed by atoms with Crippen LogP contribution >= 0.6 is 11.6 Å². The van der Waals surface area contributed by atoms with E-state index in [0.29, 0.717) is 64.3 Å². The van der Waals surface area contributed by atoms with Gasteiger partial charge in [-0.15, -0.1) is 0 Å². The number of imide groups is 1. The van der Waals surface area contributed by atoms with Gasteiger partial charge in [-0.3, -0.25) is 78.4 Å². The van der Waals surface area contributed by atoms with Crippen molar-refractivity contribution in [3.8, 4) is 0 Å². The summed E-state index contributed by atoms with van der Waals surface area (Å²) < 4.78 is 31.5. The number of nitrogens with one attached hydrogen (secondary N) is 14. The van der Waals surface area contributed by atoms with E-state index in [4.69, 9.17) is 21.5 Å². The number of hydrogen-bond acceptors (Lipinski definition) is 20. The van der Waals surface area contributed by atoms with Crippen molar-refractivity contribution in [3.63, 3.8) is 0 Å². The quantitative estimate of drug-likeness (QED) is 0.0233. The Kier molecular flexibility index (Phi) is 37.7. The number of urea groups is 1. The van der Waals surface area contributed by atoms with Crippen LogP contribution in [-0.4, -0.2) is 208 Å². The predicted molar refractivity (Wildman–Crippen MR) is 445 cm³/mol. The van der Waals surface area contributed by atoms with Gasteiger partial charge >= 0.3 is 18.1 Å². The number of aromatic nitrogens is 1. The van der Waals surface area contributed by atoms with Crippen LogP contribution in [-0.2, 0) is 104 Å². The van der Waals surface area contributed by atoms with Gasteiger partial charge in [-0.25, -0.2) is 9.59 Å². The molecular formula is C85H105ClF3N17O18. The molecular weight excluding hydrogens is 1640 g/mol. The van der Waals surface area contributed by atoms with Crippen molar-refractivity contribution >= 4 is 128 Å². The van der Waals surface area contributed by atoms with Crippen molar-refractivity contribution in [2.75, 3.05) is 30.3 Å². The van der Waals surface area contributed by atoms with Gasteiger partial charge in [0.05, 0.1) is 13.0 Å². The fourth-order valence-corrected chi connectivity index (χ4v) is 13.6. The molecule has 16 amide bonds. The summed E-state index contributed by atoms with van der Waals surface area (Å²) in [5.41, 5.74) is 6.29. The second-order valence-corrected chi connectivity index (χ2v) is 31.2. The molecule has 1 aromatic heterocycles. The zero-order valence-electron chi connectivity index (χ0n) is 69.4. The zero-order chi connectivity index (χ0) is 91.1. The Balaban J connectivity index is 0.00000289. The summed E-state index contributed by atoms with van der Waals surface area (Å²) in [6, 6.07) is 18.9. The largest absolute Gasteiger partial charge is 0.542 e. The van der Waals surface area contributed by atoms with Crippen LogP contribution in [0.2, 0.25) is 5.02 Å². The third kappa shape index (κ3) is 32.2. The van der Waals surface area contributed by atoms with Crippen LogP contribution in [0.25, 0.3) is 10.8 Å². The van der Waals surface area contributed by atoms with Gasteiger partial charge in [0.15, 0.2) is 0 Å². The fraction of sp³-hybridized carbons (Fsp3) is 0.424. The first kappa shape index (κ1) is 98.3. The number of likely N-dealkylation sites (tertiary alicyclic amines) is 1. The van der Waals surface area contributed by atoms with E-state index < -0.39 is 174 Å². The number of benzene rings is 5. The van der Waals surface area contributed by atoms with Gasteiger partial charge in [0, 0.05) is 87.3 Å². The van der Waals surface area contributed by atoms with Gasteiger partial charge in [-0.1, -0.05) is 124 Å². The van der Waals surface area contributed by atoms with Gasteiger partial charge in [0.1, 0.15) is 72.4 Å². The van der Waals surface area contributed by atoms with E-state index in [-0.39, 0.29) is 81.5 Å². The zero-order valence-corrected chi connectivity index (χ0v) is 70.1. The summed E-state index contributed by atoms with van der Waals surface area (Å²) >= 11 is 6.27. The number of quaternary nitrogens is 1. The van der Waals surface area contributed by atoms with E-state index in [0.717, 1.165) is 10.8 Å². The Labute approximate surface area is 717 Å². The molecule has 8 rings (SSSR count). The number of aliphatic hydroxyl groups is 1. The average Bonchev–Trinajstić information content (AvgIpc) is 1.79. The van der Waals surface area contributed by atoms with Crippen molar-refractivity contribution in [1.82, 2.24) is 73.7 Å². The van der Waals surface area contributed by atoms with Crippen LogP contribution in [0, 0.1) is 5.92 Å². The van der Waals surface area contributed by atoms with Crippen LogP contribution in [0.1, 0.15) is 121 Å². The normalized spacial score (nSPS) is 15.9. The second kappa shape index (κ2) is 47.6. The molecule has 35 nitrogen and oxygen atoms in total. The molecule has 124 heavy (non-hydrogen) atoms. The molecule has 2 aliphatic heterocycles. The van der Waals surface area contributed by atoms with E-state index >= 15 is 19.2 Å². The van der Waals surface area contributed by atoms with E-state index in [1.165, 1.54) is 62.3 Å². The maximum atomic E-state index is 15.5. The summed E-state index contributed by atoms with van der Waals surface area (Å²) in [6.45, 7) is 11.2. The molecule has 39 heteroatoms. The second-order valence-electron chi connectivity index (χ2n) is 30.8. The summed E-state index contributed by atoms with van der Waals surface area (Å²) in [6.07, 6.45) is -1.96. The molecule has 0 bridgehead atoms. The molecule has 0 saturated carbocycles. The lowest BCUT2D eigenvalue weighted by atomic mass is 9.99. The highest BCUT2D eigenvalue weighted by molar-refractivity contribution is 6.30. The number of nitrogens with zero attached hydrogens (tertiary/aromatic N) is 2. The van der Waals surface area contributed by atoms with Gasteiger partial charge < -0.3 is 89.0 Å². The fourth-order valence-electron chi connectivity index (χ4n) is 13.4. The highest BCUT2D eigenvalue weighted by atomic mass is 35.5. The van der Waals surface area contributed by atoms with E-state index in [1.807, 2.05) is 56.3 Å². The van der Waals surface area contributed by atoms with Crippen molar-refractivity contribution in [2.45, 2.75) is 204 Å². The number of aliphatic carboxylic acids is 1. The monoisotopic (exact) mass is 1740 g/mol. The van der Waals surface area contributed by atoms with Crippen molar-refractivity contribution < 1.29 is 106 Å². The topological polar surface area (TPSA) is 529 Å². The van der Waals surface area contributed by atoms with Crippen LogP contribution in [0.3, 0.4) is 0 Å². The number of carboxylic acid groups (broad SMARTS) is 1. The number of aliphatic hydroxyl groups excluding tert-OH is 1. The Morgan fingerprint density at radius 1 is 0.556 bits per heavy atom. The number of hydrogen-bond donors (Lipinski definition) is 16. The summed E-state index contributed by atoms with van der Waals surface area (Å²) in [7, 11) is 0. The number of pyridine rings is 1. The Morgan fingerprint density at radius 3 is 1.51 bits per heavy atom. The highest BCUT2D eigenvalue weighted by Gasteiger charge is 2.41. The minimum Gasteiger partial charge on any atom is -0.542 e. The molecule has 2 saturated heterocycles. The third-order valence-electron chi connectivity index (χ3n) is 19.8. The maximum absolute atomic E-state index is 15.5. The maximum Gasteiger partial charge on any atom is 0.430 e. The number of carbonyl (C=O) groups is 16. The first-order valence-corrected chi connectivity index (χ1v) is 40.6. The lowest BCUT2D eigenvalue weighted by Gasteiger charge is -2.31. The van der Waals surface area contributed by atoms with E-state index in [9.17, 15) is 71.0 Å². The first-order valence-electron chi connectivity index (χ1n) is 40.2. The molecule has 0 spiro atoms. The standard InChI is InChI=1S/C83H104ClN17O16.C2HF3O2/c1-46(2)36-62(74(108)92-61(17-10-11-34-87-47(3)4)82(116)101-35-13-18-70(101)81(115)88-48(5)72(85)106)93-76(110)65(39-52-22-29-59(30-23-52)89-49(6)103)95-78(112)66(40-53-24-31-60(32-25-53)91-73(107)68-43-71(105)100-83(117)99-68)97-80(114)69(45-102)98-79(113)67(42-55-14-12-33-86-44-55)96-77(111)64(38-51-20-27-58(84)28-21-51)94-75(109)63(90-50(7)104)41-54-19-26-56-15-8-9-16-57(56)37-54;3-2(4,5)1(6)7/h8-9,12,14-16,19-33,37,44,46-48,61-70,87,102H,10-11,13,17-18,34-36,38-43,45H2,1-7H3,(H2,85,106)(H,88,115)(H,89,103)(H,90,104)(H,91,107)(H,92,108)(H,93,110)(H,94,109)(H,95,112)(H,96,111)(H,97,114)(H,98,113)(H2,99,100,105,117);(H,6,7)/t48-,61+,62+,63-,64-,65-,66+,67-,68+,69+,70+;/m1./s1. The highest BCUT2D eigenvalue weighted by Crippen LogP contribution is 2.24. The molecule has 18 N–H and O–H groups in total. The smallest absolute Gasteiger partial charge is 0.430 e. The number of carboxylic acids is 1. The molecule has 666 valence electrons. The predicted octanol–water partition coefficient (Wildman–Crippen LogP) is 0.564. The van der Waals surface area contributed by atoms with Gasteiger partial charge in [0.2, 0.25) is 76.8 Å². The Morgan fingerprint density at radius 2 is 1.02 bits per heavy atom. The molecule has 6 aromatic rings. The van der Waals surface area contributed by atoms with Gasteiger partial charge in [0.25, 0.3) is 0 Å². The molecule has 5 aromatic carbocycles. The minimum atomic E-state index is -5.19. The lowest BCUT2D eigenvalue weighted by molar-refractivity contribution is -0.344. The number of unbranched alkanes of at least 4 members (excludes halogenated alkanes) is 1. The number of amides is 16.